The molecular formula is C16H13BrFN3. The molecule has 1 unspecified atom stereocenters. The lowest BCUT2D eigenvalue weighted by Gasteiger charge is -2.19. The number of aromatic nitrogens is 1. The summed E-state index contributed by atoms with van der Waals surface area (Å²) in [7, 11) is 0. The Balaban J connectivity index is 2.16. The molecule has 0 aliphatic carbocycles. The molecule has 0 aliphatic heterocycles. The van der Waals surface area contributed by atoms with Gasteiger partial charge in [0, 0.05) is 17.8 Å². The number of hydrogen-bond acceptors (Lipinski definition) is 3. The molecule has 1 atom stereocenters. The first kappa shape index (κ1) is 14.1. The summed E-state index contributed by atoms with van der Waals surface area (Å²) in [6.07, 6.45) is 3.54. The van der Waals surface area contributed by atoms with Crippen LogP contribution in [0.5, 0.6) is 0 Å². The summed E-state index contributed by atoms with van der Waals surface area (Å²) in [6.45, 7) is 0. The van der Waals surface area contributed by atoms with E-state index in [1.54, 1.807) is 18.5 Å². The van der Waals surface area contributed by atoms with Crippen molar-refractivity contribution >= 4 is 26.7 Å². The van der Waals surface area contributed by atoms with Gasteiger partial charge in [0.15, 0.2) is 0 Å². The largest absolute Gasteiger partial charge is 0.271 e. The molecule has 106 valence electrons. The molecule has 1 aromatic heterocycles. The average Bonchev–Trinajstić information content (AvgIpc) is 2.52. The van der Waals surface area contributed by atoms with Crippen molar-refractivity contribution in [1.82, 2.24) is 10.4 Å². The molecule has 3 rings (SSSR count). The normalized spacial score (nSPS) is 12.5. The number of nitrogens with two attached hydrogens (primary N) is 1. The summed E-state index contributed by atoms with van der Waals surface area (Å²) in [5.74, 6) is 5.40. The van der Waals surface area contributed by atoms with Gasteiger partial charge in [-0.1, -0.05) is 24.3 Å². The Labute approximate surface area is 130 Å². The highest BCUT2D eigenvalue weighted by Crippen LogP contribution is 2.29. The predicted molar refractivity (Wildman–Crippen MR) is 85.0 cm³/mol. The van der Waals surface area contributed by atoms with Gasteiger partial charge in [-0.05, 0) is 50.6 Å². The van der Waals surface area contributed by atoms with E-state index in [0.717, 1.165) is 21.9 Å². The van der Waals surface area contributed by atoms with Crippen molar-refractivity contribution in [3.63, 3.8) is 0 Å². The van der Waals surface area contributed by atoms with Gasteiger partial charge in [0.1, 0.15) is 5.82 Å². The lowest BCUT2D eigenvalue weighted by Crippen LogP contribution is -2.29. The minimum Gasteiger partial charge on any atom is -0.271 e. The number of hydrogen-bond donors (Lipinski definition) is 2. The molecule has 1 heterocycles. The van der Waals surface area contributed by atoms with Gasteiger partial charge in [0.05, 0.1) is 10.5 Å². The van der Waals surface area contributed by atoms with E-state index >= 15 is 0 Å². The summed E-state index contributed by atoms with van der Waals surface area (Å²) in [5.41, 5.74) is 4.49. The fraction of sp³-hybridized carbons (Fsp3) is 0.0625. The van der Waals surface area contributed by atoms with Gasteiger partial charge in [-0.2, -0.15) is 0 Å². The molecule has 0 saturated carbocycles. The van der Waals surface area contributed by atoms with E-state index in [9.17, 15) is 4.39 Å². The van der Waals surface area contributed by atoms with E-state index in [2.05, 4.69) is 26.3 Å². The van der Waals surface area contributed by atoms with Gasteiger partial charge >= 0.3 is 0 Å². The van der Waals surface area contributed by atoms with Crippen LogP contribution in [-0.4, -0.2) is 4.98 Å². The molecule has 0 fully saturated rings. The lowest BCUT2D eigenvalue weighted by molar-refractivity contribution is 0.602. The molecule has 0 saturated heterocycles. The van der Waals surface area contributed by atoms with Gasteiger partial charge in [-0.25, -0.2) is 9.82 Å². The number of rotatable bonds is 3. The summed E-state index contributed by atoms with van der Waals surface area (Å²) < 4.78 is 14.2. The fourth-order valence-corrected chi connectivity index (χ4v) is 2.69. The van der Waals surface area contributed by atoms with Crippen molar-refractivity contribution in [3.05, 3.63) is 76.3 Å². The molecule has 0 aliphatic rings. The molecule has 3 nitrogen and oxygen atoms in total. The van der Waals surface area contributed by atoms with Crippen LogP contribution in [0, 0.1) is 5.82 Å². The van der Waals surface area contributed by atoms with E-state index in [0.29, 0.717) is 4.47 Å². The summed E-state index contributed by atoms with van der Waals surface area (Å²) in [6, 6.07) is 12.6. The van der Waals surface area contributed by atoms with E-state index in [-0.39, 0.29) is 11.9 Å². The van der Waals surface area contributed by atoms with Crippen molar-refractivity contribution in [3.8, 4) is 0 Å². The predicted octanol–water partition coefficient (Wildman–Crippen LogP) is 3.69. The fourth-order valence-electron chi connectivity index (χ4n) is 2.45. The van der Waals surface area contributed by atoms with Crippen LogP contribution in [0.25, 0.3) is 10.8 Å². The number of nitrogens with one attached hydrogen (secondary N) is 1. The van der Waals surface area contributed by atoms with E-state index in [1.165, 1.54) is 6.07 Å². The van der Waals surface area contributed by atoms with Crippen LogP contribution in [0.4, 0.5) is 4.39 Å². The third kappa shape index (κ3) is 2.68. The SMILES string of the molecule is NNC(c1ccc(Br)c(F)c1)c1cccc2ccncc12. The van der Waals surface area contributed by atoms with Crippen LogP contribution in [0.1, 0.15) is 17.2 Å². The Bertz CT molecular complexity index is 786. The Hall–Kier alpha value is -1.82. The molecule has 3 N–H and O–H groups in total. The van der Waals surface area contributed by atoms with Crippen LogP contribution in [-0.2, 0) is 0 Å². The van der Waals surface area contributed by atoms with Gasteiger partial charge in [0.25, 0.3) is 0 Å². The number of benzene rings is 2. The van der Waals surface area contributed by atoms with Crippen LogP contribution >= 0.6 is 15.9 Å². The van der Waals surface area contributed by atoms with E-state index in [4.69, 9.17) is 5.84 Å². The van der Waals surface area contributed by atoms with Crippen molar-refractivity contribution in [1.29, 1.82) is 0 Å². The number of halogens is 2. The van der Waals surface area contributed by atoms with E-state index in [1.807, 2.05) is 30.3 Å². The second kappa shape index (κ2) is 5.89. The van der Waals surface area contributed by atoms with Crippen molar-refractivity contribution in [2.75, 3.05) is 0 Å². The van der Waals surface area contributed by atoms with Crippen LogP contribution in [0.15, 0.2) is 59.3 Å². The first-order valence-corrected chi connectivity index (χ1v) is 7.23. The Morgan fingerprint density at radius 2 is 2.05 bits per heavy atom. The third-order valence-electron chi connectivity index (χ3n) is 3.47. The number of nitrogens with zero attached hydrogens (tertiary/aromatic N) is 1. The smallest absolute Gasteiger partial charge is 0.137 e. The van der Waals surface area contributed by atoms with Gasteiger partial charge in [-0.3, -0.25) is 10.8 Å². The summed E-state index contributed by atoms with van der Waals surface area (Å²) in [4.78, 5) is 4.17. The monoisotopic (exact) mass is 345 g/mol. The average molecular weight is 346 g/mol. The molecule has 0 amide bonds. The Morgan fingerprint density at radius 3 is 2.81 bits per heavy atom. The highest BCUT2D eigenvalue weighted by molar-refractivity contribution is 9.10. The minimum atomic E-state index is -0.314. The maximum Gasteiger partial charge on any atom is 0.137 e. The number of fused-ring (bicyclic) bond motifs is 1. The quantitative estimate of drug-likeness (QED) is 0.562. The topological polar surface area (TPSA) is 50.9 Å². The second-order valence-corrected chi connectivity index (χ2v) is 5.57. The first-order valence-electron chi connectivity index (χ1n) is 6.44. The molecular weight excluding hydrogens is 333 g/mol. The molecule has 2 aromatic carbocycles. The minimum absolute atomic E-state index is 0.305. The van der Waals surface area contributed by atoms with Gasteiger partial charge in [0.2, 0.25) is 0 Å². The summed E-state index contributed by atoms with van der Waals surface area (Å²) in [5, 5.41) is 2.06. The number of hydrazine groups is 1. The highest BCUT2D eigenvalue weighted by Gasteiger charge is 2.16. The molecule has 0 bridgehead atoms. The van der Waals surface area contributed by atoms with Crippen molar-refractivity contribution < 1.29 is 4.39 Å². The lowest BCUT2D eigenvalue weighted by atomic mass is 9.95. The zero-order valence-corrected chi connectivity index (χ0v) is 12.6. The Morgan fingerprint density at radius 1 is 1.19 bits per heavy atom. The zero-order valence-electron chi connectivity index (χ0n) is 11.1. The Kier molecular flexibility index (Phi) is 3.96. The van der Waals surface area contributed by atoms with Crippen molar-refractivity contribution in [2.45, 2.75) is 6.04 Å². The van der Waals surface area contributed by atoms with E-state index < -0.39 is 0 Å². The molecule has 21 heavy (non-hydrogen) atoms. The maximum atomic E-state index is 13.8. The van der Waals surface area contributed by atoms with Crippen LogP contribution in [0.2, 0.25) is 0 Å². The first-order chi connectivity index (χ1) is 10.2. The van der Waals surface area contributed by atoms with Gasteiger partial charge in [-0.15, -0.1) is 0 Å². The third-order valence-corrected chi connectivity index (χ3v) is 4.12. The van der Waals surface area contributed by atoms with Crippen molar-refractivity contribution in [2.24, 2.45) is 5.84 Å². The molecule has 5 heteroatoms. The molecule has 0 spiro atoms. The maximum absolute atomic E-state index is 13.8. The zero-order chi connectivity index (χ0) is 14.8. The molecule has 0 radical (unpaired) electrons. The molecule has 3 aromatic rings. The summed E-state index contributed by atoms with van der Waals surface area (Å²) >= 11 is 3.16. The highest BCUT2D eigenvalue weighted by atomic mass is 79.9. The van der Waals surface area contributed by atoms with Crippen LogP contribution < -0.4 is 11.3 Å². The number of pyridine rings is 1. The van der Waals surface area contributed by atoms with Crippen LogP contribution in [0.3, 0.4) is 0 Å². The second-order valence-electron chi connectivity index (χ2n) is 4.72. The standard InChI is InChI=1S/C16H13BrFN3/c17-14-5-4-11(8-15(14)18)16(21-19)12-3-1-2-10-6-7-20-9-13(10)12/h1-9,16,21H,19H2. The van der Waals surface area contributed by atoms with Gasteiger partial charge < -0.3 is 0 Å².